The Morgan fingerprint density at radius 3 is 2.39 bits per heavy atom. The topological polar surface area (TPSA) is 38.8 Å². The van der Waals surface area contributed by atoms with E-state index in [4.69, 9.17) is 9.47 Å². The minimum Gasteiger partial charge on any atom is -0.497 e. The van der Waals surface area contributed by atoms with Gasteiger partial charge in [-0.2, -0.15) is 0 Å². The first-order valence-electron chi connectivity index (χ1n) is 10.3. The Bertz CT molecular complexity index is 781. The van der Waals surface area contributed by atoms with E-state index < -0.39 is 5.60 Å². The van der Waals surface area contributed by atoms with Crippen LogP contribution in [0.2, 0.25) is 0 Å². The summed E-state index contributed by atoms with van der Waals surface area (Å²) in [5.74, 6) is 1.01. The van der Waals surface area contributed by atoms with Gasteiger partial charge in [-0.1, -0.05) is 61.7 Å². The minimum atomic E-state index is -0.599. The lowest BCUT2D eigenvalue weighted by Gasteiger charge is -2.47. The summed E-state index contributed by atoms with van der Waals surface area (Å²) >= 11 is 0. The zero-order valence-electron chi connectivity index (χ0n) is 16.6. The predicted octanol–water partition coefficient (Wildman–Crippen LogP) is 4.37. The van der Waals surface area contributed by atoms with Crippen molar-refractivity contribution in [2.75, 3.05) is 13.7 Å². The van der Waals surface area contributed by atoms with Gasteiger partial charge in [-0.25, -0.2) is 0 Å². The molecule has 1 saturated carbocycles. The molecule has 0 N–H and O–H groups in total. The number of nitrogens with zero attached hydrogens (tertiary/aromatic N) is 1. The van der Waals surface area contributed by atoms with E-state index in [1.807, 2.05) is 18.2 Å². The van der Waals surface area contributed by atoms with Crippen LogP contribution in [0.15, 0.2) is 54.6 Å². The molecular formula is C24H29NO3. The van der Waals surface area contributed by atoms with Gasteiger partial charge in [0.05, 0.1) is 19.8 Å². The average molecular weight is 380 g/mol. The van der Waals surface area contributed by atoms with Crippen LogP contribution in [-0.4, -0.2) is 36.2 Å². The summed E-state index contributed by atoms with van der Waals surface area (Å²) in [5.41, 5.74) is 1.76. The number of methoxy groups -OCH3 is 1. The van der Waals surface area contributed by atoms with E-state index in [-0.39, 0.29) is 11.9 Å². The summed E-state index contributed by atoms with van der Waals surface area (Å²) in [7, 11) is 1.67. The molecule has 0 radical (unpaired) electrons. The van der Waals surface area contributed by atoms with Crippen molar-refractivity contribution in [3.63, 3.8) is 0 Å². The van der Waals surface area contributed by atoms with Crippen LogP contribution in [0.3, 0.4) is 0 Å². The molecule has 1 amide bonds. The quantitative estimate of drug-likeness (QED) is 0.774. The van der Waals surface area contributed by atoms with Gasteiger partial charge < -0.3 is 14.4 Å². The highest BCUT2D eigenvalue weighted by molar-refractivity contribution is 5.86. The van der Waals surface area contributed by atoms with E-state index in [0.29, 0.717) is 13.2 Å². The number of rotatable bonds is 5. The van der Waals surface area contributed by atoms with E-state index in [1.54, 1.807) is 7.11 Å². The third-order valence-corrected chi connectivity index (χ3v) is 6.13. The molecule has 2 aromatic carbocycles. The molecule has 0 aromatic heterocycles. The average Bonchev–Trinajstić information content (AvgIpc) is 2.75. The Morgan fingerprint density at radius 1 is 1.00 bits per heavy atom. The molecule has 2 fully saturated rings. The molecule has 28 heavy (non-hydrogen) atoms. The molecule has 148 valence electrons. The van der Waals surface area contributed by atoms with Crippen molar-refractivity contribution in [3.05, 3.63) is 65.7 Å². The van der Waals surface area contributed by atoms with Crippen LogP contribution in [0.1, 0.15) is 43.2 Å². The van der Waals surface area contributed by atoms with E-state index in [9.17, 15) is 4.79 Å². The van der Waals surface area contributed by atoms with Gasteiger partial charge in [-0.15, -0.1) is 0 Å². The zero-order chi connectivity index (χ0) is 19.4. The number of carbonyl (C=O) groups is 1. The van der Waals surface area contributed by atoms with Crippen LogP contribution < -0.4 is 4.74 Å². The van der Waals surface area contributed by atoms with Gasteiger partial charge in [0, 0.05) is 6.54 Å². The lowest BCUT2D eigenvalue weighted by Crippen LogP contribution is -2.61. The molecule has 1 saturated heterocycles. The first-order chi connectivity index (χ1) is 13.7. The summed E-state index contributed by atoms with van der Waals surface area (Å²) in [6, 6.07) is 18.5. The lowest BCUT2D eigenvalue weighted by molar-refractivity contribution is -0.187. The van der Waals surface area contributed by atoms with Crippen LogP contribution >= 0.6 is 0 Å². The number of carbonyl (C=O) groups excluding carboxylic acids is 1. The van der Waals surface area contributed by atoms with Crippen molar-refractivity contribution in [2.24, 2.45) is 0 Å². The SMILES string of the molecule is COc1ccc(CN2C(=O)C3(CCCCC3)OC[C@@H]2Cc2ccccc2)cc1. The highest BCUT2D eigenvalue weighted by Gasteiger charge is 2.48. The van der Waals surface area contributed by atoms with E-state index in [0.717, 1.165) is 43.4 Å². The molecular weight excluding hydrogens is 350 g/mol. The number of hydrogen-bond acceptors (Lipinski definition) is 3. The van der Waals surface area contributed by atoms with Crippen LogP contribution in [0, 0.1) is 0 Å². The fourth-order valence-electron chi connectivity index (χ4n) is 4.50. The second-order valence-corrected chi connectivity index (χ2v) is 7.99. The molecule has 2 aromatic rings. The molecule has 1 heterocycles. The molecule has 4 nitrogen and oxygen atoms in total. The van der Waals surface area contributed by atoms with Gasteiger partial charge >= 0.3 is 0 Å². The van der Waals surface area contributed by atoms with Crippen LogP contribution in [0.5, 0.6) is 5.75 Å². The van der Waals surface area contributed by atoms with Crippen LogP contribution in [0.25, 0.3) is 0 Å². The van der Waals surface area contributed by atoms with Crippen LogP contribution in [0.4, 0.5) is 0 Å². The molecule has 2 aliphatic rings. The smallest absolute Gasteiger partial charge is 0.255 e. The zero-order valence-corrected chi connectivity index (χ0v) is 16.6. The molecule has 1 aliphatic heterocycles. The third-order valence-electron chi connectivity index (χ3n) is 6.13. The fraction of sp³-hybridized carbons (Fsp3) is 0.458. The van der Waals surface area contributed by atoms with E-state index in [2.05, 4.69) is 41.3 Å². The number of hydrogen-bond donors (Lipinski definition) is 0. The van der Waals surface area contributed by atoms with Crippen molar-refractivity contribution in [1.29, 1.82) is 0 Å². The maximum absolute atomic E-state index is 13.6. The second-order valence-electron chi connectivity index (χ2n) is 7.99. The van der Waals surface area contributed by atoms with Gasteiger partial charge in [-0.3, -0.25) is 4.79 Å². The highest BCUT2D eigenvalue weighted by atomic mass is 16.5. The minimum absolute atomic E-state index is 0.0598. The monoisotopic (exact) mass is 379 g/mol. The first-order valence-corrected chi connectivity index (χ1v) is 10.3. The molecule has 1 atom stereocenters. The van der Waals surface area contributed by atoms with Crippen molar-refractivity contribution in [2.45, 2.75) is 56.7 Å². The number of morpholine rings is 1. The largest absolute Gasteiger partial charge is 0.497 e. The molecule has 1 spiro atoms. The third kappa shape index (κ3) is 3.93. The van der Waals surface area contributed by atoms with Gasteiger partial charge in [0.2, 0.25) is 0 Å². The second kappa shape index (κ2) is 8.36. The summed E-state index contributed by atoms with van der Waals surface area (Å²) in [6.45, 7) is 1.22. The molecule has 0 bridgehead atoms. The van der Waals surface area contributed by atoms with Crippen molar-refractivity contribution in [3.8, 4) is 5.75 Å². The Labute approximate surface area is 167 Å². The van der Waals surface area contributed by atoms with Crippen molar-refractivity contribution >= 4 is 5.91 Å². The predicted molar refractivity (Wildman–Crippen MR) is 109 cm³/mol. The number of benzene rings is 2. The summed E-state index contributed by atoms with van der Waals surface area (Å²) < 4.78 is 11.6. The maximum atomic E-state index is 13.6. The standard InChI is InChI=1S/C24H29NO3/c1-27-22-12-10-20(11-13-22)17-25-21(16-19-8-4-2-5-9-19)18-28-24(23(25)26)14-6-3-7-15-24/h2,4-5,8-13,21H,3,6-7,14-18H2,1H3/t21-/m0/s1. The summed E-state index contributed by atoms with van der Waals surface area (Å²) in [6.07, 6.45) is 5.87. The Kier molecular flexibility index (Phi) is 5.67. The van der Waals surface area contributed by atoms with Gasteiger partial charge in [0.15, 0.2) is 0 Å². The normalized spacial score (nSPS) is 21.7. The molecule has 1 aliphatic carbocycles. The van der Waals surface area contributed by atoms with Gasteiger partial charge in [0.1, 0.15) is 11.4 Å². The molecule has 4 rings (SSSR count). The summed E-state index contributed by atoms with van der Waals surface area (Å²) in [4.78, 5) is 15.7. The number of ether oxygens (including phenoxy) is 2. The highest BCUT2D eigenvalue weighted by Crippen LogP contribution is 2.38. The number of amides is 1. The van der Waals surface area contributed by atoms with Crippen molar-refractivity contribution < 1.29 is 14.3 Å². The van der Waals surface area contributed by atoms with Crippen LogP contribution in [-0.2, 0) is 22.5 Å². The van der Waals surface area contributed by atoms with Crippen molar-refractivity contribution in [1.82, 2.24) is 4.90 Å². The molecule has 0 unspecified atom stereocenters. The summed E-state index contributed by atoms with van der Waals surface area (Å²) in [5, 5.41) is 0. The Hall–Kier alpha value is -2.33. The first kappa shape index (κ1) is 19.0. The van der Waals surface area contributed by atoms with E-state index in [1.165, 1.54) is 12.0 Å². The van der Waals surface area contributed by atoms with Gasteiger partial charge in [0.25, 0.3) is 5.91 Å². The van der Waals surface area contributed by atoms with E-state index >= 15 is 0 Å². The van der Waals surface area contributed by atoms with Gasteiger partial charge in [-0.05, 0) is 42.5 Å². The lowest BCUT2D eigenvalue weighted by atomic mass is 9.81. The maximum Gasteiger partial charge on any atom is 0.255 e. The fourth-order valence-corrected chi connectivity index (χ4v) is 4.50. The molecule has 4 heteroatoms. The Balaban J connectivity index is 1.58. The Morgan fingerprint density at radius 2 is 1.71 bits per heavy atom.